The van der Waals surface area contributed by atoms with Crippen molar-refractivity contribution in [2.75, 3.05) is 7.11 Å². The molecule has 0 aliphatic carbocycles. The topological polar surface area (TPSA) is 306 Å². The molecule has 0 rings (SSSR count). The van der Waals surface area contributed by atoms with Gasteiger partial charge in [0.15, 0.2) is 53.3 Å². The Balaban J connectivity index is 9.82. The molecule has 0 spiro atoms. The molecule has 0 saturated heterocycles. The van der Waals surface area contributed by atoms with E-state index in [0.717, 1.165) is 0 Å². The lowest BCUT2D eigenvalue weighted by molar-refractivity contribution is 0.308. The van der Waals surface area contributed by atoms with Crippen molar-refractivity contribution in [3.8, 4) is 0 Å². The van der Waals surface area contributed by atoms with Crippen LogP contribution in [0.2, 0.25) is 52.4 Å². The molecule has 41 heteroatoms. The van der Waals surface area contributed by atoms with Gasteiger partial charge in [-0.25, -0.2) is 0 Å². The molecule has 0 radical (unpaired) electrons. The predicted molar refractivity (Wildman–Crippen MR) is 241 cm³/mol. The van der Waals surface area contributed by atoms with Crippen LogP contribution in [0.5, 0.6) is 0 Å². The highest BCUT2D eigenvalue weighted by molar-refractivity contribution is 8.09. The lowest BCUT2D eigenvalue weighted by Gasteiger charge is -2.64. The Labute approximate surface area is 329 Å². The van der Waals surface area contributed by atoms with Crippen molar-refractivity contribution < 1.29 is 90.1 Å². The highest BCUT2D eigenvalue weighted by Crippen LogP contribution is 2.46. The molecule has 0 fully saturated rings. The van der Waals surface area contributed by atoms with Gasteiger partial charge in [0.1, 0.15) is 0 Å². The first-order chi connectivity index (χ1) is 23.2. The minimum absolute atomic E-state index is 1.40. The summed E-state index contributed by atoms with van der Waals surface area (Å²) >= 11 is 0. The summed E-state index contributed by atoms with van der Waals surface area (Å²) in [5.74, 6) is 0. The summed E-state index contributed by atoms with van der Waals surface area (Å²) in [5.41, 5.74) is 0. The van der Waals surface area contributed by atoms with Crippen molar-refractivity contribution in [3.05, 3.63) is 0 Å². The van der Waals surface area contributed by atoms with E-state index in [-0.39, 0.29) is 0 Å². The molecule has 0 bridgehead atoms. The second kappa shape index (κ2) is 23.4. The van der Waals surface area contributed by atoms with Crippen LogP contribution in [0.3, 0.4) is 0 Å². The third kappa shape index (κ3) is 11.5. The third-order valence-corrected chi connectivity index (χ3v) is 202. The quantitative estimate of drug-likeness (QED) is 0.0310. The van der Waals surface area contributed by atoms with Crippen LogP contribution in [0, 0.1) is 0 Å². The lowest BCUT2D eigenvalue weighted by Crippen LogP contribution is -3.04. The molecule has 11 N–H and O–H groups in total. The molecule has 4 unspecified atom stereocenters. The van der Waals surface area contributed by atoms with E-state index in [2.05, 4.69) is 0 Å². The fraction of sp³-hybridized carbons (Fsp3) is 1.00. The van der Waals surface area contributed by atoms with Gasteiger partial charge in [-0.2, -0.15) is 0 Å². The lowest BCUT2D eigenvalue weighted by atomic mass is 11.8. The highest BCUT2D eigenvalue weighted by Gasteiger charge is 2.89. The van der Waals surface area contributed by atoms with Crippen molar-refractivity contribution in [1.29, 1.82) is 0 Å². The summed E-state index contributed by atoms with van der Waals surface area (Å²) in [6, 6.07) is 0. The van der Waals surface area contributed by atoms with Crippen molar-refractivity contribution in [2.45, 2.75) is 52.4 Å². The summed E-state index contributed by atoms with van der Waals surface area (Å²) < 4.78 is 60.0. The molecule has 0 saturated carbocycles. The summed E-state index contributed by atoms with van der Waals surface area (Å²) in [6.07, 6.45) is 0. The van der Waals surface area contributed by atoms with Crippen LogP contribution in [0.25, 0.3) is 0 Å². The summed E-state index contributed by atoms with van der Waals surface area (Å²) in [5, 5.41) is 0. The minimum atomic E-state index is -5.11. The van der Waals surface area contributed by atoms with Gasteiger partial charge in [-0.05, 0) is 39.3 Å². The second-order valence-corrected chi connectivity index (χ2v) is 127. The van der Waals surface area contributed by atoms with Crippen LogP contribution in [0.15, 0.2) is 0 Å². The number of hydrogen-bond acceptors (Lipinski definition) is 20. The molecule has 0 aromatic carbocycles. The summed E-state index contributed by atoms with van der Waals surface area (Å²) in [6.45, 7) is 1.03. The van der Waals surface area contributed by atoms with Gasteiger partial charge in [0, 0.05) is 7.11 Å². The van der Waals surface area contributed by atoms with Crippen LogP contribution < -0.4 is 0 Å². The molecule has 50 heavy (non-hydrogen) atoms. The fourth-order valence-electron chi connectivity index (χ4n) is 5.95. The Kier molecular flexibility index (Phi) is 25.1. The number of rotatable bonds is 29. The third-order valence-electron chi connectivity index (χ3n) is 8.44. The van der Waals surface area contributed by atoms with E-state index in [9.17, 15) is 52.8 Å². The molecule has 0 aromatic rings. The molecule has 0 amide bonds. The smallest absolute Gasteiger partial charge is 0.338 e. The van der Waals surface area contributed by atoms with Gasteiger partial charge in [0.05, 0.1) is 8.31 Å². The van der Waals surface area contributed by atoms with E-state index >= 15 is 0 Å². The average Bonchev–Trinajstić information content (AvgIpc) is 3.05. The fourth-order valence-corrected chi connectivity index (χ4v) is 306. The zero-order valence-corrected chi connectivity index (χ0v) is 56.4. The first kappa shape index (κ1) is 53.8. The standard InChI is InChI=1S/C9H62O20Si21/c1-21-46(36-16,41(2)3)29-50(44(8,9)22-30-10,49(39-19,40-20)25-33-13)47(27-42(4)26-43(5,6)7,48(37-17,38-18)24-32-12)28-45(34-14,35-15)23-31-11/h10-20,41-42H,30-40H2,1-9H3. The molecule has 0 heterocycles. The molecule has 0 aromatic heterocycles. The van der Waals surface area contributed by atoms with E-state index in [1.807, 2.05) is 32.7 Å². The van der Waals surface area contributed by atoms with E-state index in [1.165, 1.54) is 7.11 Å². The monoisotopic (exact) mass is 1080 g/mol. The van der Waals surface area contributed by atoms with Crippen LogP contribution >= 0.6 is 0 Å². The Morgan fingerprint density at radius 3 is 1.26 bits per heavy atom. The van der Waals surface area contributed by atoms with Crippen LogP contribution in [0.1, 0.15) is 0 Å². The first-order valence-electron chi connectivity index (χ1n) is 15.8. The van der Waals surface area contributed by atoms with E-state index in [0.29, 0.717) is 0 Å². The normalized spacial score (nSPS) is 23.7. The van der Waals surface area contributed by atoms with Crippen molar-refractivity contribution in [3.63, 3.8) is 0 Å². The molecular weight excluding hydrogens is 1020 g/mol. The van der Waals surface area contributed by atoms with Crippen LogP contribution in [-0.4, -0.2) is 242 Å². The average molecular weight is 1080 g/mol. The molecule has 302 valence electrons. The Morgan fingerprint density at radius 2 is 0.940 bits per heavy atom. The van der Waals surface area contributed by atoms with Gasteiger partial charge < -0.3 is 90.1 Å². The highest BCUT2D eigenvalue weighted by atomic mass is 30.3. The van der Waals surface area contributed by atoms with Gasteiger partial charge in [-0.15, -0.1) is 0 Å². The summed E-state index contributed by atoms with van der Waals surface area (Å²) in [7, 11) is -50.8. The predicted octanol–water partition coefficient (Wildman–Crippen LogP) is -16.3. The minimum Gasteiger partial charge on any atom is -0.441 e. The van der Waals surface area contributed by atoms with E-state index < -0.39 is 182 Å². The Bertz CT molecular complexity index is 954. The van der Waals surface area contributed by atoms with Gasteiger partial charge in [-0.3, -0.25) is 0 Å². The second-order valence-electron chi connectivity index (χ2n) is 13.2. The van der Waals surface area contributed by atoms with Crippen LogP contribution in [-0.2, 0) is 37.3 Å². The molecule has 0 aliphatic rings. The largest absolute Gasteiger partial charge is 0.441 e. The van der Waals surface area contributed by atoms with Crippen LogP contribution in [0.4, 0.5) is 0 Å². The zero-order chi connectivity index (χ0) is 39.3. The van der Waals surface area contributed by atoms with E-state index in [4.69, 9.17) is 37.3 Å². The van der Waals surface area contributed by atoms with Gasteiger partial charge in [-0.1, -0.05) is 13.1 Å². The van der Waals surface area contributed by atoms with Gasteiger partial charge in [0.25, 0.3) is 63.1 Å². The Hall–Kier alpha value is 3.75. The molecular formula is C9H62O20Si21. The Morgan fingerprint density at radius 1 is 0.500 bits per heavy atom. The van der Waals surface area contributed by atoms with Crippen molar-refractivity contribution >= 4 is 182 Å². The zero-order valence-electron chi connectivity index (χ0n) is 30.5. The first-order valence-corrected chi connectivity index (χ1v) is 69.0. The maximum Gasteiger partial charge on any atom is 0.338 e. The summed E-state index contributed by atoms with van der Waals surface area (Å²) in [4.78, 5) is 123. The maximum absolute atomic E-state index is 11.8. The molecule has 20 nitrogen and oxygen atoms in total. The SMILES string of the molecule is CO[Si](O[Si]([Si](C)(C)O[SiH2]O)([Si](O[SiH2]O)([SiH2]O)[SiH2]O)[Si](O[SiH](C)O[Si](C)(C)C)(O[Si](O[SiH2]O)([SiH2]O)[SiH2]O)[Si](O[SiH2]O)([SiH2]O)[SiH2]O)([SiH2]O)[SiH](C)C. The number of hydrogen-bond donors (Lipinski definition) is 11. The maximum atomic E-state index is 11.8. The van der Waals surface area contributed by atoms with E-state index in [1.54, 1.807) is 19.6 Å². The van der Waals surface area contributed by atoms with Crippen molar-refractivity contribution in [2.24, 2.45) is 0 Å². The molecule has 4 atom stereocenters. The van der Waals surface area contributed by atoms with Gasteiger partial charge >= 0.3 is 22.8 Å². The van der Waals surface area contributed by atoms with Crippen molar-refractivity contribution in [1.82, 2.24) is 0 Å². The van der Waals surface area contributed by atoms with Gasteiger partial charge in [0.2, 0.25) is 34.7 Å². The molecule has 0 aliphatic heterocycles.